The number of carbonyl (C=O) groups is 1. The molecule has 0 radical (unpaired) electrons. The second-order valence-electron chi connectivity index (χ2n) is 10.0. The Balaban J connectivity index is 1.41. The SMILES string of the molecule is CN1Cc2nccc(-c3cn(CCC(O)(Cn4cncn4)c4ccc(F)cc4F)nc3-c3ccc(F)cc3)c2C1=O. The topological polar surface area (TPSA) is 102 Å². The van der Waals surface area contributed by atoms with Gasteiger partial charge in [0.05, 0.1) is 24.3 Å². The maximum absolute atomic E-state index is 14.9. The van der Waals surface area contributed by atoms with Crippen molar-refractivity contribution in [1.82, 2.24) is 34.4 Å². The first-order chi connectivity index (χ1) is 19.7. The van der Waals surface area contributed by atoms with Gasteiger partial charge in [-0.1, -0.05) is 6.07 Å². The maximum atomic E-state index is 14.9. The Morgan fingerprint density at radius 3 is 2.51 bits per heavy atom. The number of hydrogen-bond acceptors (Lipinski definition) is 6. The molecule has 1 N–H and O–H groups in total. The number of aliphatic hydroxyl groups is 1. The highest BCUT2D eigenvalue weighted by Crippen LogP contribution is 2.37. The van der Waals surface area contributed by atoms with Gasteiger partial charge in [0.1, 0.15) is 41.4 Å². The Labute approximate surface area is 232 Å². The van der Waals surface area contributed by atoms with Crippen LogP contribution < -0.4 is 0 Å². The highest BCUT2D eigenvalue weighted by Gasteiger charge is 2.34. The van der Waals surface area contributed by atoms with E-state index in [0.717, 1.165) is 12.1 Å². The minimum Gasteiger partial charge on any atom is -0.383 e. The summed E-state index contributed by atoms with van der Waals surface area (Å²) in [5.74, 6) is -2.23. The molecule has 9 nitrogen and oxygen atoms in total. The maximum Gasteiger partial charge on any atom is 0.256 e. The molecule has 6 rings (SSSR count). The normalized spacial score (nSPS) is 14.4. The lowest BCUT2D eigenvalue weighted by atomic mass is 9.89. The fourth-order valence-electron chi connectivity index (χ4n) is 5.18. The second-order valence-corrected chi connectivity index (χ2v) is 10.0. The molecule has 1 atom stereocenters. The number of amides is 1. The summed E-state index contributed by atoms with van der Waals surface area (Å²) in [5.41, 5.74) is 1.56. The third kappa shape index (κ3) is 4.97. The molecule has 1 aliphatic heterocycles. The molecule has 2 aromatic carbocycles. The molecule has 0 aliphatic carbocycles. The molecular weight excluding hydrogens is 535 g/mol. The van der Waals surface area contributed by atoms with Crippen LogP contribution in [-0.4, -0.2) is 52.5 Å². The summed E-state index contributed by atoms with van der Waals surface area (Å²) in [6, 6.07) is 10.6. The van der Waals surface area contributed by atoms with E-state index in [1.165, 1.54) is 35.5 Å². The molecule has 0 bridgehead atoms. The number of nitrogens with zero attached hydrogens (tertiary/aromatic N) is 7. The number of aryl methyl sites for hydroxylation is 1. The first kappa shape index (κ1) is 26.4. The molecule has 0 saturated carbocycles. The van der Waals surface area contributed by atoms with E-state index >= 15 is 0 Å². The van der Waals surface area contributed by atoms with Crippen LogP contribution in [0.5, 0.6) is 0 Å². The number of halogens is 3. The number of rotatable bonds is 8. The predicted molar refractivity (Wildman–Crippen MR) is 142 cm³/mol. The fourth-order valence-corrected chi connectivity index (χ4v) is 5.18. The van der Waals surface area contributed by atoms with E-state index in [9.17, 15) is 23.1 Å². The highest BCUT2D eigenvalue weighted by atomic mass is 19.1. The van der Waals surface area contributed by atoms with Gasteiger partial charge in [0.2, 0.25) is 0 Å². The van der Waals surface area contributed by atoms with Crippen molar-refractivity contribution < 1.29 is 23.1 Å². The summed E-state index contributed by atoms with van der Waals surface area (Å²) < 4.78 is 45.3. The lowest BCUT2D eigenvalue weighted by molar-refractivity contribution is -0.00179. The standard InChI is InChI=1S/C29H24F3N7O2/c1-37-14-25-26(28(37)40)21(8-10-34-25)22-13-38(36-27(22)18-2-4-19(30)5-3-18)11-9-29(41,15-39-17-33-16-35-39)23-7-6-20(31)12-24(23)32/h2-8,10,12-13,16-17,41H,9,11,14-15H2,1H3. The third-order valence-electron chi connectivity index (χ3n) is 7.22. The van der Waals surface area contributed by atoms with E-state index in [0.29, 0.717) is 40.2 Å². The molecule has 0 spiro atoms. The zero-order chi connectivity index (χ0) is 28.7. The average molecular weight is 560 g/mol. The molecular formula is C29H24F3N7O2. The monoisotopic (exact) mass is 559 g/mol. The smallest absolute Gasteiger partial charge is 0.256 e. The van der Waals surface area contributed by atoms with Crippen molar-refractivity contribution in [2.45, 2.75) is 31.7 Å². The van der Waals surface area contributed by atoms with Crippen molar-refractivity contribution in [2.75, 3.05) is 7.05 Å². The fraction of sp³-hybridized carbons (Fsp3) is 0.207. The number of hydrogen-bond donors (Lipinski definition) is 1. The van der Waals surface area contributed by atoms with Crippen LogP contribution in [-0.2, 0) is 25.2 Å². The molecule has 0 fully saturated rings. The summed E-state index contributed by atoms with van der Waals surface area (Å²) in [5, 5.41) is 20.5. The Hall–Kier alpha value is -4.84. The lowest BCUT2D eigenvalue weighted by Crippen LogP contribution is -2.34. The summed E-state index contributed by atoms with van der Waals surface area (Å²) in [6.45, 7) is 0.338. The lowest BCUT2D eigenvalue weighted by Gasteiger charge is -2.29. The molecule has 1 aliphatic rings. The van der Waals surface area contributed by atoms with Gasteiger partial charge in [0, 0.05) is 60.7 Å². The van der Waals surface area contributed by atoms with Crippen LogP contribution in [0.2, 0.25) is 0 Å². The predicted octanol–water partition coefficient (Wildman–Crippen LogP) is 4.18. The molecule has 5 aromatic rings. The zero-order valence-electron chi connectivity index (χ0n) is 21.9. The van der Waals surface area contributed by atoms with Gasteiger partial charge in [-0.05, 0) is 36.4 Å². The van der Waals surface area contributed by atoms with Gasteiger partial charge < -0.3 is 10.0 Å². The molecule has 41 heavy (non-hydrogen) atoms. The van der Waals surface area contributed by atoms with E-state index < -0.39 is 23.1 Å². The minimum atomic E-state index is -1.80. The van der Waals surface area contributed by atoms with Gasteiger partial charge in [0.25, 0.3) is 5.91 Å². The Morgan fingerprint density at radius 2 is 1.78 bits per heavy atom. The summed E-state index contributed by atoms with van der Waals surface area (Å²) in [7, 11) is 1.70. The van der Waals surface area contributed by atoms with Gasteiger partial charge >= 0.3 is 0 Å². The summed E-state index contributed by atoms with van der Waals surface area (Å²) in [6.07, 6.45) is 6.01. The van der Waals surface area contributed by atoms with E-state index in [1.807, 2.05) is 0 Å². The highest BCUT2D eigenvalue weighted by molar-refractivity contribution is 6.05. The first-order valence-corrected chi connectivity index (χ1v) is 12.8. The molecule has 1 unspecified atom stereocenters. The number of fused-ring (bicyclic) bond motifs is 1. The Morgan fingerprint density at radius 1 is 1.00 bits per heavy atom. The van der Waals surface area contributed by atoms with Crippen LogP contribution in [0.15, 0.2) is 73.6 Å². The van der Waals surface area contributed by atoms with Crippen LogP contribution in [0.4, 0.5) is 13.2 Å². The molecule has 1 amide bonds. The molecule has 3 aromatic heterocycles. The zero-order valence-corrected chi connectivity index (χ0v) is 21.9. The van der Waals surface area contributed by atoms with Crippen LogP contribution >= 0.6 is 0 Å². The van der Waals surface area contributed by atoms with E-state index in [4.69, 9.17) is 5.10 Å². The van der Waals surface area contributed by atoms with E-state index in [2.05, 4.69) is 15.1 Å². The number of pyridine rings is 1. The summed E-state index contributed by atoms with van der Waals surface area (Å²) in [4.78, 5) is 22.8. The quantitative estimate of drug-likeness (QED) is 0.306. The average Bonchev–Trinajstić information content (AvgIpc) is 3.68. The van der Waals surface area contributed by atoms with Crippen molar-refractivity contribution in [3.05, 3.63) is 108 Å². The molecule has 208 valence electrons. The van der Waals surface area contributed by atoms with Crippen molar-refractivity contribution >= 4 is 5.91 Å². The Bertz CT molecular complexity index is 1740. The van der Waals surface area contributed by atoms with Crippen LogP contribution in [0, 0.1) is 17.5 Å². The van der Waals surface area contributed by atoms with E-state index in [1.54, 1.807) is 47.2 Å². The third-order valence-corrected chi connectivity index (χ3v) is 7.22. The van der Waals surface area contributed by atoms with Gasteiger partial charge in [-0.3, -0.25) is 14.5 Å². The van der Waals surface area contributed by atoms with Crippen LogP contribution in [0.25, 0.3) is 22.4 Å². The van der Waals surface area contributed by atoms with Gasteiger partial charge in [-0.15, -0.1) is 0 Å². The van der Waals surface area contributed by atoms with Crippen LogP contribution in [0.1, 0.15) is 28.0 Å². The van der Waals surface area contributed by atoms with Crippen molar-refractivity contribution in [1.29, 1.82) is 0 Å². The van der Waals surface area contributed by atoms with Gasteiger partial charge in [0.15, 0.2) is 0 Å². The molecule has 12 heteroatoms. The number of carbonyl (C=O) groups excluding carboxylic acids is 1. The molecule has 4 heterocycles. The van der Waals surface area contributed by atoms with Gasteiger partial charge in [-0.2, -0.15) is 10.2 Å². The van der Waals surface area contributed by atoms with Crippen LogP contribution in [0.3, 0.4) is 0 Å². The summed E-state index contributed by atoms with van der Waals surface area (Å²) >= 11 is 0. The van der Waals surface area contributed by atoms with Crippen molar-refractivity contribution in [2.24, 2.45) is 0 Å². The first-order valence-electron chi connectivity index (χ1n) is 12.8. The van der Waals surface area contributed by atoms with Crippen molar-refractivity contribution in [3.63, 3.8) is 0 Å². The Kier molecular flexibility index (Phi) is 6.62. The largest absolute Gasteiger partial charge is 0.383 e. The second kappa shape index (κ2) is 10.3. The van der Waals surface area contributed by atoms with E-state index in [-0.39, 0.29) is 31.0 Å². The molecule has 0 saturated heterocycles. The minimum absolute atomic E-state index is 0.0322. The van der Waals surface area contributed by atoms with Crippen molar-refractivity contribution in [3.8, 4) is 22.4 Å². The van der Waals surface area contributed by atoms with Gasteiger partial charge in [-0.25, -0.2) is 22.8 Å². The number of aromatic nitrogens is 6. The number of benzene rings is 2.